The second-order valence-corrected chi connectivity index (χ2v) is 4.80. The molecule has 3 heteroatoms. The molecule has 0 aliphatic rings. The zero-order valence-corrected chi connectivity index (χ0v) is 9.76. The highest BCUT2D eigenvalue weighted by Gasteiger charge is 2.30. The van der Waals surface area contributed by atoms with Crippen LogP contribution in [0.15, 0.2) is 0 Å². The van der Waals surface area contributed by atoms with Crippen molar-refractivity contribution in [3.63, 3.8) is 0 Å². The fraction of sp³-hybridized carbons (Fsp3) is 0.909. The van der Waals surface area contributed by atoms with E-state index in [0.29, 0.717) is 0 Å². The first-order chi connectivity index (χ1) is 6.39. The van der Waals surface area contributed by atoms with Crippen LogP contribution in [0.3, 0.4) is 0 Å². The van der Waals surface area contributed by atoms with Crippen LogP contribution in [0.1, 0.15) is 47.0 Å². The summed E-state index contributed by atoms with van der Waals surface area (Å²) in [6.07, 6.45) is 3.37. The summed E-state index contributed by atoms with van der Waals surface area (Å²) >= 11 is 0. The van der Waals surface area contributed by atoms with Gasteiger partial charge in [-0.05, 0) is 18.4 Å². The van der Waals surface area contributed by atoms with Crippen LogP contribution < -0.4 is 5.32 Å². The Labute approximate surface area is 86.9 Å². The topological polar surface area (TPSA) is 49.3 Å². The van der Waals surface area contributed by atoms with Crippen LogP contribution in [0.2, 0.25) is 0 Å². The van der Waals surface area contributed by atoms with E-state index < -0.39 is 12.0 Å². The van der Waals surface area contributed by atoms with Gasteiger partial charge in [0.05, 0.1) is 0 Å². The summed E-state index contributed by atoms with van der Waals surface area (Å²) in [6.45, 7) is 8.76. The molecule has 0 saturated carbocycles. The smallest absolute Gasteiger partial charge is 0.321 e. The lowest BCUT2D eigenvalue weighted by atomic mass is 9.87. The number of unbranched alkanes of at least 4 members (excludes halogenated alkanes) is 2. The molecular formula is C11H23NO2. The van der Waals surface area contributed by atoms with Gasteiger partial charge in [-0.1, -0.05) is 40.5 Å². The summed E-state index contributed by atoms with van der Waals surface area (Å²) in [5.74, 6) is -0.756. The van der Waals surface area contributed by atoms with Gasteiger partial charge in [0.2, 0.25) is 0 Å². The van der Waals surface area contributed by atoms with E-state index in [1.165, 1.54) is 0 Å². The highest BCUT2D eigenvalue weighted by atomic mass is 16.4. The average molecular weight is 201 g/mol. The van der Waals surface area contributed by atoms with Crippen molar-refractivity contribution < 1.29 is 9.90 Å². The number of carbonyl (C=O) groups is 1. The number of hydrogen-bond donors (Lipinski definition) is 2. The van der Waals surface area contributed by atoms with Crippen LogP contribution in [0.25, 0.3) is 0 Å². The van der Waals surface area contributed by atoms with Crippen LogP contribution in [-0.4, -0.2) is 23.7 Å². The number of aliphatic carboxylic acids is 1. The van der Waals surface area contributed by atoms with Crippen LogP contribution >= 0.6 is 0 Å². The zero-order valence-electron chi connectivity index (χ0n) is 9.76. The number of carboxylic acids is 1. The number of carboxylic acid groups (broad SMARTS) is 1. The van der Waals surface area contributed by atoms with E-state index in [-0.39, 0.29) is 5.41 Å². The maximum absolute atomic E-state index is 10.9. The first kappa shape index (κ1) is 13.4. The van der Waals surface area contributed by atoms with Gasteiger partial charge in [-0.3, -0.25) is 4.79 Å². The summed E-state index contributed by atoms with van der Waals surface area (Å²) in [6, 6.07) is -0.445. The van der Waals surface area contributed by atoms with Crippen molar-refractivity contribution in [2.45, 2.75) is 53.0 Å². The Balaban J connectivity index is 3.94. The third kappa shape index (κ3) is 5.22. The molecule has 84 valence electrons. The van der Waals surface area contributed by atoms with Crippen LogP contribution in [0.4, 0.5) is 0 Å². The summed E-state index contributed by atoms with van der Waals surface area (Å²) in [5.41, 5.74) is -0.224. The quantitative estimate of drug-likeness (QED) is 0.648. The van der Waals surface area contributed by atoms with Gasteiger partial charge in [-0.2, -0.15) is 0 Å². The van der Waals surface area contributed by atoms with Crippen molar-refractivity contribution in [2.75, 3.05) is 6.54 Å². The van der Waals surface area contributed by atoms with E-state index in [1.807, 2.05) is 20.8 Å². The average Bonchev–Trinajstić information content (AvgIpc) is 2.01. The number of hydrogen-bond acceptors (Lipinski definition) is 2. The Morgan fingerprint density at radius 3 is 2.29 bits per heavy atom. The van der Waals surface area contributed by atoms with Crippen molar-refractivity contribution in [3.05, 3.63) is 0 Å². The minimum atomic E-state index is -0.756. The molecule has 0 aromatic rings. The van der Waals surface area contributed by atoms with Crippen molar-refractivity contribution in [2.24, 2.45) is 5.41 Å². The molecule has 1 atom stereocenters. The van der Waals surface area contributed by atoms with Crippen LogP contribution in [-0.2, 0) is 4.79 Å². The molecule has 0 fully saturated rings. The number of nitrogens with one attached hydrogen (secondary N) is 1. The largest absolute Gasteiger partial charge is 0.480 e. The molecule has 0 unspecified atom stereocenters. The maximum atomic E-state index is 10.9. The molecular weight excluding hydrogens is 178 g/mol. The highest BCUT2D eigenvalue weighted by Crippen LogP contribution is 2.19. The van der Waals surface area contributed by atoms with Gasteiger partial charge in [-0.15, -0.1) is 0 Å². The Kier molecular flexibility index (Phi) is 5.77. The Bertz CT molecular complexity index is 173. The molecule has 0 radical (unpaired) electrons. The van der Waals surface area contributed by atoms with Crippen molar-refractivity contribution in [1.82, 2.24) is 5.32 Å². The molecule has 0 aromatic heterocycles. The first-order valence-corrected chi connectivity index (χ1v) is 5.35. The first-order valence-electron chi connectivity index (χ1n) is 5.35. The second-order valence-electron chi connectivity index (χ2n) is 4.80. The maximum Gasteiger partial charge on any atom is 0.321 e. The Morgan fingerprint density at radius 2 is 1.93 bits per heavy atom. The summed E-state index contributed by atoms with van der Waals surface area (Å²) in [4.78, 5) is 10.9. The zero-order chi connectivity index (χ0) is 11.2. The van der Waals surface area contributed by atoms with E-state index >= 15 is 0 Å². The third-order valence-corrected chi connectivity index (χ3v) is 2.24. The van der Waals surface area contributed by atoms with Crippen LogP contribution in [0.5, 0.6) is 0 Å². The monoisotopic (exact) mass is 201 g/mol. The van der Waals surface area contributed by atoms with Gasteiger partial charge in [0.1, 0.15) is 6.04 Å². The summed E-state index contributed by atoms with van der Waals surface area (Å²) in [5, 5.41) is 12.1. The van der Waals surface area contributed by atoms with Gasteiger partial charge in [-0.25, -0.2) is 0 Å². The molecule has 0 spiro atoms. The summed E-state index contributed by atoms with van der Waals surface area (Å²) in [7, 11) is 0. The van der Waals surface area contributed by atoms with Gasteiger partial charge in [0, 0.05) is 0 Å². The highest BCUT2D eigenvalue weighted by molar-refractivity contribution is 5.74. The molecule has 0 heterocycles. The van der Waals surface area contributed by atoms with E-state index in [1.54, 1.807) is 0 Å². The normalized spacial score (nSPS) is 14.0. The SMILES string of the molecule is CCCCCN[C@@H](C(=O)O)C(C)(C)C. The molecule has 14 heavy (non-hydrogen) atoms. The molecule has 3 nitrogen and oxygen atoms in total. The fourth-order valence-corrected chi connectivity index (χ4v) is 1.39. The predicted octanol–water partition coefficient (Wildman–Crippen LogP) is 2.27. The molecule has 0 saturated heterocycles. The Morgan fingerprint density at radius 1 is 1.36 bits per heavy atom. The molecule has 2 N–H and O–H groups in total. The lowest BCUT2D eigenvalue weighted by Crippen LogP contribution is -2.46. The van der Waals surface area contributed by atoms with Gasteiger partial charge >= 0.3 is 5.97 Å². The second kappa shape index (κ2) is 6.02. The molecule has 0 aliphatic carbocycles. The predicted molar refractivity (Wildman–Crippen MR) is 58.4 cm³/mol. The minimum Gasteiger partial charge on any atom is -0.480 e. The molecule has 0 bridgehead atoms. The lowest BCUT2D eigenvalue weighted by Gasteiger charge is -2.27. The third-order valence-electron chi connectivity index (χ3n) is 2.24. The van der Waals surface area contributed by atoms with E-state index in [4.69, 9.17) is 5.11 Å². The molecule has 0 aromatic carbocycles. The van der Waals surface area contributed by atoms with E-state index in [2.05, 4.69) is 12.2 Å². The molecule has 0 amide bonds. The van der Waals surface area contributed by atoms with Crippen molar-refractivity contribution in [1.29, 1.82) is 0 Å². The number of rotatable bonds is 6. The van der Waals surface area contributed by atoms with Crippen LogP contribution in [0, 0.1) is 5.41 Å². The molecule has 0 aliphatic heterocycles. The van der Waals surface area contributed by atoms with Gasteiger partial charge in [0.25, 0.3) is 0 Å². The standard InChI is InChI=1S/C11H23NO2/c1-5-6-7-8-12-9(10(13)14)11(2,3)4/h9,12H,5-8H2,1-4H3,(H,13,14)/t9-/m0/s1. The van der Waals surface area contributed by atoms with E-state index in [9.17, 15) is 4.79 Å². The fourth-order valence-electron chi connectivity index (χ4n) is 1.39. The lowest BCUT2D eigenvalue weighted by molar-refractivity contribution is -0.142. The summed E-state index contributed by atoms with van der Waals surface area (Å²) < 4.78 is 0. The van der Waals surface area contributed by atoms with Crippen molar-refractivity contribution in [3.8, 4) is 0 Å². The van der Waals surface area contributed by atoms with Crippen molar-refractivity contribution >= 4 is 5.97 Å². The Hall–Kier alpha value is -0.570. The van der Waals surface area contributed by atoms with Gasteiger partial charge < -0.3 is 10.4 Å². The molecule has 0 rings (SSSR count). The minimum absolute atomic E-state index is 0.224. The van der Waals surface area contributed by atoms with E-state index in [0.717, 1.165) is 25.8 Å². The van der Waals surface area contributed by atoms with Gasteiger partial charge in [0.15, 0.2) is 0 Å².